The SMILES string of the molecule is CSc1ccc(C(O)Cc2ccsc2)cc1. The number of thioether (sulfide) groups is 1. The summed E-state index contributed by atoms with van der Waals surface area (Å²) in [6.45, 7) is 0. The van der Waals surface area contributed by atoms with Crippen LogP contribution in [0.1, 0.15) is 17.2 Å². The van der Waals surface area contributed by atoms with Crippen LogP contribution in [0.2, 0.25) is 0 Å². The number of rotatable bonds is 4. The molecule has 84 valence electrons. The second-order valence-corrected chi connectivity index (χ2v) is 5.28. The van der Waals surface area contributed by atoms with E-state index in [1.807, 2.05) is 17.5 Å². The molecule has 3 heteroatoms. The average Bonchev–Trinajstić information content (AvgIpc) is 2.82. The highest BCUT2D eigenvalue weighted by molar-refractivity contribution is 7.98. The van der Waals surface area contributed by atoms with E-state index in [4.69, 9.17) is 0 Å². The summed E-state index contributed by atoms with van der Waals surface area (Å²) in [6, 6.07) is 10.2. The van der Waals surface area contributed by atoms with Crippen molar-refractivity contribution in [1.29, 1.82) is 0 Å². The summed E-state index contributed by atoms with van der Waals surface area (Å²) in [5, 5.41) is 14.2. The molecule has 0 aliphatic heterocycles. The lowest BCUT2D eigenvalue weighted by molar-refractivity contribution is 0.178. The molecule has 0 saturated heterocycles. The van der Waals surface area contributed by atoms with Gasteiger partial charge in [-0.15, -0.1) is 11.8 Å². The van der Waals surface area contributed by atoms with Crippen LogP contribution in [0.25, 0.3) is 0 Å². The van der Waals surface area contributed by atoms with Gasteiger partial charge >= 0.3 is 0 Å². The molecule has 0 aliphatic carbocycles. The number of thiophene rings is 1. The van der Waals surface area contributed by atoms with Crippen molar-refractivity contribution in [2.24, 2.45) is 0 Å². The Kier molecular flexibility index (Phi) is 4.04. The third-order valence-corrected chi connectivity index (χ3v) is 3.99. The van der Waals surface area contributed by atoms with Gasteiger partial charge in [0.05, 0.1) is 6.10 Å². The standard InChI is InChI=1S/C13H14OS2/c1-15-12-4-2-11(3-5-12)13(14)8-10-6-7-16-9-10/h2-7,9,13-14H,8H2,1H3. The Hall–Kier alpha value is -0.770. The van der Waals surface area contributed by atoms with Gasteiger partial charge < -0.3 is 5.11 Å². The fourth-order valence-corrected chi connectivity index (χ4v) is 2.67. The van der Waals surface area contributed by atoms with Gasteiger partial charge in [0.25, 0.3) is 0 Å². The van der Waals surface area contributed by atoms with Crippen LogP contribution >= 0.6 is 23.1 Å². The number of hydrogen-bond acceptors (Lipinski definition) is 3. The molecule has 0 bridgehead atoms. The van der Waals surface area contributed by atoms with Crippen molar-refractivity contribution in [1.82, 2.24) is 0 Å². The van der Waals surface area contributed by atoms with Crippen molar-refractivity contribution >= 4 is 23.1 Å². The van der Waals surface area contributed by atoms with Gasteiger partial charge in [0, 0.05) is 11.3 Å². The normalized spacial score (nSPS) is 12.6. The lowest BCUT2D eigenvalue weighted by Gasteiger charge is -2.10. The summed E-state index contributed by atoms with van der Waals surface area (Å²) in [6.07, 6.45) is 2.35. The van der Waals surface area contributed by atoms with E-state index in [2.05, 4.69) is 29.8 Å². The van der Waals surface area contributed by atoms with Crippen LogP contribution in [-0.4, -0.2) is 11.4 Å². The highest BCUT2D eigenvalue weighted by atomic mass is 32.2. The van der Waals surface area contributed by atoms with Gasteiger partial charge in [0.15, 0.2) is 0 Å². The zero-order valence-corrected chi connectivity index (χ0v) is 10.7. The summed E-state index contributed by atoms with van der Waals surface area (Å²) in [5.41, 5.74) is 2.19. The lowest BCUT2D eigenvalue weighted by atomic mass is 10.0. The third-order valence-electron chi connectivity index (χ3n) is 2.51. The average molecular weight is 250 g/mol. The third kappa shape index (κ3) is 2.88. The lowest BCUT2D eigenvalue weighted by Crippen LogP contribution is -2.00. The summed E-state index contributed by atoms with van der Waals surface area (Å²) in [7, 11) is 0. The first-order valence-electron chi connectivity index (χ1n) is 5.12. The fourth-order valence-electron chi connectivity index (χ4n) is 1.58. The second-order valence-electron chi connectivity index (χ2n) is 3.62. The van der Waals surface area contributed by atoms with E-state index in [1.165, 1.54) is 10.5 Å². The van der Waals surface area contributed by atoms with E-state index in [9.17, 15) is 5.11 Å². The van der Waals surface area contributed by atoms with E-state index in [0.29, 0.717) is 6.42 Å². The summed E-state index contributed by atoms with van der Waals surface area (Å²) >= 11 is 3.38. The molecule has 1 aromatic heterocycles. The van der Waals surface area contributed by atoms with Crippen LogP contribution in [0, 0.1) is 0 Å². The van der Waals surface area contributed by atoms with E-state index in [-0.39, 0.29) is 0 Å². The van der Waals surface area contributed by atoms with Crippen molar-refractivity contribution in [3.63, 3.8) is 0 Å². The maximum atomic E-state index is 10.1. The minimum Gasteiger partial charge on any atom is -0.388 e. The quantitative estimate of drug-likeness (QED) is 0.834. The number of benzene rings is 1. The van der Waals surface area contributed by atoms with Crippen molar-refractivity contribution in [2.45, 2.75) is 17.4 Å². The Balaban J connectivity index is 2.05. The topological polar surface area (TPSA) is 20.2 Å². The van der Waals surface area contributed by atoms with Crippen molar-refractivity contribution in [3.05, 3.63) is 52.2 Å². The molecule has 1 unspecified atom stereocenters. The molecule has 1 heterocycles. The van der Waals surface area contributed by atoms with Gasteiger partial charge in [-0.2, -0.15) is 11.3 Å². The first kappa shape index (κ1) is 11.7. The zero-order valence-electron chi connectivity index (χ0n) is 9.09. The molecule has 0 radical (unpaired) electrons. The molecule has 1 aromatic carbocycles. The molecule has 0 aliphatic rings. The molecular weight excluding hydrogens is 236 g/mol. The summed E-state index contributed by atoms with van der Waals surface area (Å²) in [4.78, 5) is 1.23. The molecule has 16 heavy (non-hydrogen) atoms. The highest BCUT2D eigenvalue weighted by Crippen LogP contribution is 2.22. The molecule has 0 spiro atoms. The predicted molar refractivity (Wildman–Crippen MR) is 71.2 cm³/mol. The predicted octanol–water partition coefficient (Wildman–Crippen LogP) is 3.75. The van der Waals surface area contributed by atoms with Gasteiger partial charge in [0.2, 0.25) is 0 Å². The highest BCUT2D eigenvalue weighted by Gasteiger charge is 2.08. The van der Waals surface area contributed by atoms with E-state index in [0.717, 1.165) is 5.56 Å². The fraction of sp³-hybridized carbons (Fsp3) is 0.231. The Morgan fingerprint density at radius 3 is 2.56 bits per heavy atom. The molecule has 2 aromatic rings. The van der Waals surface area contributed by atoms with Gasteiger partial charge in [-0.25, -0.2) is 0 Å². The zero-order chi connectivity index (χ0) is 11.4. The van der Waals surface area contributed by atoms with E-state index >= 15 is 0 Å². The van der Waals surface area contributed by atoms with Crippen molar-refractivity contribution in [2.75, 3.05) is 6.26 Å². The first-order valence-corrected chi connectivity index (χ1v) is 7.29. The van der Waals surface area contributed by atoms with Crippen LogP contribution in [0.5, 0.6) is 0 Å². The molecular formula is C13H14OS2. The Morgan fingerprint density at radius 1 is 1.25 bits per heavy atom. The van der Waals surface area contributed by atoms with Crippen LogP contribution in [0.3, 0.4) is 0 Å². The Bertz CT molecular complexity index is 420. The minimum absolute atomic E-state index is 0.398. The molecule has 1 nitrogen and oxygen atoms in total. The Morgan fingerprint density at radius 2 is 2.00 bits per heavy atom. The van der Waals surface area contributed by atoms with Gasteiger partial charge in [-0.05, 0) is 46.3 Å². The number of hydrogen-bond donors (Lipinski definition) is 1. The van der Waals surface area contributed by atoms with E-state index in [1.54, 1.807) is 23.1 Å². The molecule has 0 amide bonds. The van der Waals surface area contributed by atoms with Crippen LogP contribution in [0.4, 0.5) is 0 Å². The van der Waals surface area contributed by atoms with Crippen LogP contribution < -0.4 is 0 Å². The smallest absolute Gasteiger partial charge is 0.0830 e. The minimum atomic E-state index is -0.398. The van der Waals surface area contributed by atoms with Crippen LogP contribution in [-0.2, 0) is 6.42 Å². The second kappa shape index (κ2) is 5.53. The summed E-state index contributed by atoms with van der Waals surface area (Å²) in [5.74, 6) is 0. The largest absolute Gasteiger partial charge is 0.388 e. The number of aliphatic hydroxyl groups is 1. The van der Waals surface area contributed by atoms with Crippen molar-refractivity contribution < 1.29 is 5.11 Å². The summed E-state index contributed by atoms with van der Waals surface area (Å²) < 4.78 is 0. The maximum absolute atomic E-state index is 10.1. The molecule has 0 fully saturated rings. The monoisotopic (exact) mass is 250 g/mol. The molecule has 1 N–H and O–H groups in total. The van der Waals surface area contributed by atoms with Crippen molar-refractivity contribution in [3.8, 4) is 0 Å². The van der Waals surface area contributed by atoms with Crippen LogP contribution in [0.15, 0.2) is 46.0 Å². The van der Waals surface area contributed by atoms with E-state index < -0.39 is 6.10 Å². The first-order chi connectivity index (χ1) is 7.79. The van der Waals surface area contributed by atoms with Gasteiger partial charge in [-0.1, -0.05) is 12.1 Å². The number of aliphatic hydroxyl groups excluding tert-OH is 1. The molecule has 1 atom stereocenters. The molecule has 2 rings (SSSR count). The molecule has 0 saturated carbocycles. The Labute approximate surface area is 104 Å². The maximum Gasteiger partial charge on any atom is 0.0830 e. The van der Waals surface area contributed by atoms with Gasteiger partial charge in [0.1, 0.15) is 0 Å². The van der Waals surface area contributed by atoms with Gasteiger partial charge in [-0.3, -0.25) is 0 Å².